The van der Waals surface area contributed by atoms with Crippen LogP contribution in [0.1, 0.15) is 39.0 Å². The number of likely N-dealkylation sites (tertiary alicyclic amines) is 2. The minimum Gasteiger partial charge on any atom is -0.489 e. The zero-order valence-corrected chi connectivity index (χ0v) is 21.5. The van der Waals surface area contributed by atoms with Gasteiger partial charge in [0.15, 0.2) is 5.96 Å². The van der Waals surface area contributed by atoms with Gasteiger partial charge in [-0.25, -0.2) is 4.39 Å². The van der Waals surface area contributed by atoms with Crippen molar-refractivity contribution >= 4 is 29.9 Å². The van der Waals surface area contributed by atoms with Gasteiger partial charge in [0.2, 0.25) is 0 Å². The van der Waals surface area contributed by atoms with Crippen molar-refractivity contribution in [1.82, 2.24) is 20.4 Å². The summed E-state index contributed by atoms with van der Waals surface area (Å²) in [5.74, 6) is 1.22. The fourth-order valence-corrected chi connectivity index (χ4v) is 4.50. The average molecular weight is 548 g/mol. The van der Waals surface area contributed by atoms with Crippen LogP contribution < -0.4 is 15.4 Å². The fraction of sp³-hybridized carbons (Fsp3) is 0.696. The maximum Gasteiger partial charge on any atom is 0.191 e. The molecule has 1 atom stereocenters. The number of nitrogens with one attached hydrogen (secondary N) is 2. The maximum atomic E-state index is 13.1. The van der Waals surface area contributed by atoms with Crippen molar-refractivity contribution < 1.29 is 9.13 Å². The van der Waals surface area contributed by atoms with Crippen molar-refractivity contribution in [3.8, 4) is 5.75 Å². The van der Waals surface area contributed by atoms with Gasteiger partial charge >= 0.3 is 0 Å². The second-order valence-electron chi connectivity index (χ2n) is 8.76. The number of hydrogen-bond acceptors (Lipinski definition) is 4. The Bertz CT molecular complexity index is 673. The molecule has 2 aliphatic rings. The van der Waals surface area contributed by atoms with Crippen molar-refractivity contribution in [2.24, 2.45) is 4.99 Å². The third-order valence-electron chi connectivity index (χ3n) is 6.46. The number of hydrogen-bond donors (Lipinski definition) is 2. The Morgan fingerprint density at radius 2 is 1.74 bits per heavy atom. The summed E-state index contributed by atoms with van der Waals surface area (Å²) >= 11 is 0. The summed E-state index contributed by atoms with van der Waals surface area (Å²) in [5.41, 5.74) is 0.209. The standard InChI is InChI=1S/C23H38FN5O.HI/c1-19(30-21-9-7-20(24)8-10-21)17-26-22(25-2)27-18-23(11-15-28(3)16-12-23)29-13-5-4-6-14-29;/h7-10,19H,4-6,11-18H2,1-3H3,(H2,25,26,27);1H. The Kier molecular flexibility index (Phi) is 10.8. The van der Waals surface area contributed by atoms with E-state index in [1.807, 2.05) is 14.0 Å². The van der Waals surface area contributed by atoms with E-state index >= 15 is 0 Å². The van der Waals surface area contributed by atoms with Gasteiger partial charge in [0.05, 0.1) is 6.54 Å². The molecule has 0 bridgehead atoms. The Morgan fingerprint density at radius 1 is 1.10 bits per heavy atom. The van der Waals surface area contributed by atoms with Crippen molar-refractivity contribution in [1.29, 1.82) is 0 Å². The summed E-state index contributed by atoms with van der Waals surface area (Å²) in [6.45, 7) is 8.24. The first-order valence-electron chi connectivity index (χ1n) is 11.3. The van der Waals surface area contributed by atoms with Crippen LogP contribution in [0, 0.1) is 5.82 Å². The lowest BCUT2D eigenvalue weighted by atomic mass is 9.84. The molecule has 1 unspecified atom stereocenters. The predicted octanol–water partition coefficient (Wildman–Crippen LogP) is 3.33. The Morgan fingerprint density at radius 3 is 2.35 bits per heavy atom. The molecule has 1 aromatic rings. The van der Waals surface area contributed by atoms with Gasteiger partial charge in [-0.3, -0.25) is 9.89 Å². The molecule has 0 aromatic heterocycles. The van der Waals surface area contributed by atoms with Crippen LogP contribution in [0.25, 0.3) is 0 Å². The molecule has 6 nitrogen and oxygen atoms in total. The smallest absolute Gasteiger partial charge is 0.191 e. The van der Waals surface area contributed by atoms with Crippen LogP contribution in [0.2, 0.25) is 0 Å². The molecular weight excluding hydrogens is 508 g/mol. The van der Waals surface area contributed by atoms with Crippen molar-refractivity contribution in [2.45, 2.75) is 50.7 Å². The molecule has 0 radical (unpaired) electrons. The van der Waals surface area contributed by atoms with Gasteiger partial charge in [0, 0.05) is 19.1 Å². The first kappa shape index (κ1) is 26.1. The molecule has 0 aliphatic carbocycles. The van der Waals surface area contributed by atoms with Gasteiger partial charge in [-0.15, -0.1) is 24.0 Å². The molecule has 8 heteroatoms. The molecule has 2 fully saturated rings. The second kappa shape index (κ2) is 12.8. The lowest BCUT2D eigenvalue weighted by Crippen LogP contribution is -2.62. The summed E-state index contributed by atoms with van der Waals surface area (Å²) in [4.78, 5) is 9.58. The van der Waals surface area contributed by atoms with E-state index in [0.717, 1.165) is 25.6 Å². The molecule has 2 N–H and O–H groups in total. The van der Waals surface area contributed by atoms with Crippen molar-refractivity contribution in [2.75, 3.05) is 53.4 Å². The van der Waals surface area contributed by atoms with E-state index < -0.39 is 0 Å². The van der Waals surface area contributed by atoms with E-state index in [4.69, 9.17) is 4.74 Å². The number of halogens is 2. The first-order valence-corrected chi connectivity index (χ1v) is 11.3. The average Bonchev–Trinajstić information content (AvgIpc) is 2.77. The van der Waals surface area contributed by atoms with Crippen molar-refractivity contribution in [3.63, 3.8) is 0 Å². The lowest BCUT2D eigenvalue weighted by Gasteiger charge is -2.50. The number of rotatable bonds is 7. The third-order valence-corrected chi connectivity index (χ3v) is 6.46. The molecule has 3 rings (SSSR count). The minimum absolute atomic E-state index is 0. The zero-order chi connectivity index (χ0) is 21.4. The van der Waals surface area contributed by atoms with Gasteiger partial charge in [-0.1, -0.05) is 6.42 Å². The van der Waals surface area contributed by atoms with Crippen LogP contribution in [-0.4, -0.2) is 80.8 Å². The van der Waals surface area contributed by atoms with Crippen LogP contribution >= 0.6 is 24.0 Å². The first-order chi connectivity index (χ1) is 14.5. The molecule has 2 saturated heterocycles. The number of ether oxygens (including phenoxy) is 1. The SMILES string of the molecule is CN=C(NCC(C)Oc1ccc(F)cc1)NCC1(N2CCCCC2)CCN(C)CC1.I. The molecule has 0 spiro atoms. The monoisotopic (exact) mass is 547 g/mol. The van der Waals surface area contributed by atoms with Crippen LogP contribution in [0.5, 0.6) is 5.75 Å². The normalized spacial score (nSPS) is 21.1. The predicted molar refractivity (Wildman–Crippen MR) is 136 cm³/mol. The number of guanidine groups is 1. The summed E-state index contributed by atoms with van der Waals surface area (Å²) in [6.07, 6.45) is 6.30. The molecule has 2 heterocycles. The van der Waals surface area contributed by atoms with Gasteiger partial charge in [-0.05, 0) is 90.1 Å². The van der Waals surface area contributed by atoms with E-state index in [-0.39, 0.29) is 41.4 Å². The molecule has 2 aliphatic heterocycles. The summed E-state index contributed by atoms with van der Waals surface area (Å²) in [7, 11) is 4.03. The molecule has 31 heavy (non-hydrogen) atoms. The fourth-order valence-electron chi connectivity index (χ4n) is 4.50. The number of piperidine rings is 2. The quantitative estimate of drug-likeness (QED) is 0.312. The molecular formula is C23H39FIN5O. The highest BCUT2D eigenvalue weighted by Gasteiger charge is 2.39. The third kappa shape index (κ3) is 7.75. The van der Waals surface area contributed by atoms with Gasteiger partial charge < -0.3 is 20.3 Å². The largest absolute Gasteiger partial charge is 0.489 e. The summed E-state index contributed by atoms with van der Waals surface area (Å²) in [6, 6.07) is 6.14. The van der Waals surface area contributed by atoms with Crippen LogP contribution in [0.15, 0.2) is 29.3 Å². The summed E-state index contributed by atoms with van der Waals surface area (Å²) in [5, 5.41) is 6.97. The number of nitrogens with zero attached hydrogens (tertiary/aromatic N) is 3. The maximum absolute atomic E-state index is 13.1. The van der Waals surface area contributed by atoms with E-state index in [1.165, 1.54) is 57.3 Å². The number of benzene rings is 1. The van der Waals surface area contributed by atoms with Crippen molar-refractivity contribution in [3.05, 3.63) is 30.1 Å². The van der Waals surface area contributed by atoms with E-state index in [9.17, 15) is 4.39 Å². The van der Waals surface area contributed by atoms with E-state index in [0.29, 0.717) is 12.3 Å². The Labute approximate surface area is 204 Å². The van der Waals surface area contributed by atoms with Crippen LogP contribution in [0.4, 0.5) is 4.39 Å². The number of aliphatic imine (C=N–C) groups is 1. The summed E-state index contributed by atoms with van der Waals surface area (Å²) < 4.78 is 18.9. The van der Waals surface area contributed by atoms with E-state index in [1.54, 1.807) is 12.1 Å². The molecule has 0 saturated carbocycles. The molecule has 0 amide bonds. The molecule has 176 valence electrons. The Hall–Kier alpha value is -1.13. The zero-order valence-electron chi connectivity index (χ0n) is 19.2. The highest BCUT2D eigenvalue weighted by molar-refractivity contribution is 14.0. The van der Waals surface area contributed by atoms with Crippen LogP contribution in [0.3, 0.4) is 0 Å². The van der Waals surface area contributed by atoms with Gasteiger partial charge in [-0.2, -0.15) is 0 Å². The molecule has 1 aromatic carbocycles. The topological polar surface area (TPSA) is 52.1 Å². The second-order valence-corrected chi connectivity index (χ2v) is 8.76. The highest BCUT2D eigenvalue weighted by atomic mass is 127. The lowest BCUT2D eigenvalue weighted by molar-refractivity contribution is 0.0173. The Balaban J connectivity index is 0.00000341. The van der Waals surface area contributed by atoms with Gasteiger partial charge in [0.25, 0.3) is 0 Å². The van der Waals surface area contributed by atoms with Crippen LogP contribution in [-0.2, 0) is 0 Å². The highest BCUT2D eigenvalue weighted by Crippen LogP contribution is 2.30. The van der Waals surface area contributed by atoms with E-state index in [2.05, 4.69) is 32.5 Å². The van der Waals surface area contributed by atoms with Gasteiger partial charge in [0.1, 0.15) is 17.7 Å². The minimum atomic E-state index is -0.255.